The zero-order chi connectivity index (χ0) is 20.6. The predicted molar refractivity (Wildman–Crippen MR) is 105 cm³/mol. The minimum atomic E-state index is -4.83. The first-order valence-electron chi connectivity index (χ1n) is 8.37. The van der Waals surface area contributed by atoms with Crippen molar-refractivity contribution in [3.63, 3.8) is 0 Å². The van der Waals surface area contributed by atoms with Crippen LogP contribution >= 0.6 is 8.15 Å². The summed E-state index contributed by atoms with van der Waals surface area (Å²) in [6.45, 7) is 0.140. The number of esters is 1. The molecule has 1 N–H and O–H groups in total. The van der Waals surface area contributed by atoms with Gasteiger partial charge in [-0.1, -0.05) is 30.3 Å². The molecule has 2 aromatic carbocycles. The van der Waals surface area contributed by atoms with Crippen LogP contribution in [0.5, 0.6) is 11.5 Å². The summed E-state index contributed by atoms with van der Waals surface area (Å²) in [6.07, 6.45) is -1.96. The number of rotatable bonds is 5. The molecule has 1 heterocycles. The summed E-state index contributed by atoms with van der Waals surface area (Å²) in [4.78, 5) is 11.4. The van der Waals surface area contributed by atoms with Crippen LogP contribution in [0, 0.1) is 7.43 Å². The topological polar surface area (TPSA) is 65.0 Å². The number of hydrogen-bond donors (Lipinski definition) is 1. The average molecular weight is 483 g/mol. The minimum absolute atomic E-state index is 0. The van der Waals surface area contributed by atoms with Gasteiger partial charge >= 0.3 is 12.3 Å². The second-order valence-corrected chi connectivity index (χ2v) is 7.79. The summed E-state index contributed by atoms with van der Waals surface area (Å²) < 4.78 is 50.6. The number of aliphatic hydroxyl groups is 1. The van der Waals surface area contributed by atoms with E-state index in [1.807, 2.05) is 30.3 Å². The van der Waals surface area contributed by atoms with Gasteiger partial charge in [-0.25, -0.2) is 4.79 Å². The zero-order valence-electron chi connectivity index (χ0n) is 16.5. The van der Waals surface area contributed by atoms with E-state index in [4.69, 9.17) is 9.63 Å². The van der Waals surface area contributed by atoms with Crippen molar-refractivity contribution in [2.24, 2.45) is 0 Å². The third-order valence-electron chi connectivity index (χ3n) is 3.61. The molecule has 0 unspecified atom stereocenters. The molecule has 0 bridgehead atoms. The SMILES string of the molecule is COC(=O)c1cc(OP2CCC2)cc(OC(F)(F)F)c1.OCc1ccccc1.[CH3-].[Cr]. The third kappa shape index (κ3) is 9.82. The molecule has 0 spiro atoms. The Hall–Kier alpha value is -1.78. The fourth-order valence-electron chi connectivity index (χ4n) is 2.16. The molecular formula is C20H23CrF3O5P-. The minimum Gasteiger partial charge on any atom is -0.474 e. The number of halogens is 3. The van der Waals surface area contributed by atoms with Crippen LogP contribution in [-0.2, 0) is 28.7 Å². The molecule has 0 aliphatic carbocycles. The Morgan fingerprint density at radius 1 is 1.10 bits per heavy atom. The van der Waals surface area contributed by atoms with E-state index in [1.165, 1.54) is 6.07 Å². The largest absolute Gasteiger partial charge is 0.573 e. The maximum Gasteiger partial charge on any atom is 0.573 e. The van der Waals surface area contributed by atoms with Crippen LogP contribution in [0.1, 0.15) is 22.3 Å². The van der Waals surface area contributed by atoms with Gasteiger partial charge in [-0.2, -0.15) is 0 Å². The first kappa shape index (κ1) is 28.2. The van der Waals surface area contributed by atoms with E-state index in [0.29, 0.717) is 0 Å². The van der Waals surface area contributed by atoms with Crippen LogP contribution in [0.25, 0.3) is 0 Å². The summed E-state index contributed by atoms with van der Waals surface area (Å²) in [5.74, 6) is -1.05. The molecule has 1 aliphatic heterocycles. The second kappa shape index (κ2) is 13.5. The van der Waals surface area contributed by atoms with Gasteiger partial charge in [-0.3, -0.25) is 0 Å². The first-order chi connectivity index (χ1) is 13.3. The molecule has 3 rings (SSSR count). The fourth-order valence-corrected chi connectivity index (χ4v) is 3.32. The number of hydrogen-bond acceptors (Lipinski definition) is 5. The monoisotopic (exact) mass is 483 g/mol. The molecule has 2 aromatic rings. The summed E-state index contributed by atoms with van der Waals surface area (Å²) in [6, 6.07) is 13.0. The molecule has 1 aliphatic rings. The van der Waals surface area contributed by atoms with Crippen LogP contribution < -0.4 is 9.26 Å². The first-order valence-corrected chi connectivity index (χ1v) is 10.0. The molecule has 0 atom stereocenters. The summed E-state index contributed by atoms with van der Waals surface area (Å²) >= 11 is 0. The Morgan fingerprint density at radius 2 is 1.70 bits per heavy atom. The Morgan fingerprint density at radius 3 is 2.13 bits per heavy atom. The number of aliphatic hydroxyl groups excluding tert-OH is 1. The van der Waals surface area contributed by atoms with E-state index in [2.05, 4.69) is 9.47 Å². The maximum atomic E-state index is 12.3. The molecule has 1 fully saturated rings. The van der Waals surface area contributed by atoms with Gasteiger partial charge in [0.1, 0.15) is 11.5 Å². The Balaban J connectivity index is 0.000000714. The van der Waals surface area contributed by atoms with Crippen molar-refractivity contribution in [2.75, 3.05) is 19.4 Å². The van der Waals surface area contributed by atoms with Gasteiger partial charge in [0.25, 0.3) is 0 Å². The van der Waals surface area contributed by atoms with Crippen LogP contribution in [0.4, 0.5) is 13.2 Å². The van der Waals surface area contributed by atoms with E-state index in [-0.39, 0.29) is 42.7 Å². The number of alkyl halides is 3. The van der Waals surface area contributed by atoms with E-state index in [0.717, 1.165) is 43.6 Å². The summed E-state index contributed by atoms with van der Waals surface area (Å²) in [7, 11) is 0.505. The fraction of sp³-hybridized carbons (Fsp3) is 0.300. The molecule has 5 nitrogen and oxygen atoms in total. The molecule has 0 radical (unpaired) electrons. The van der Waals surface area contributed by atoms with Gasteiger partial charge in [-0.15, -0.1) is 13.2 Å². The smallest absolute Gasteiger partial charge is 0.474 e. The Bertz CT molecular complexity index is 771. The molecule has 1 saturated heterocycles. The summed E-state index contributed by atoms with van der Waals surface area (Å²) in [5, 5.41) is 8.54. The van der Waals surface area contributed by atoms with E-state index in [1.54, 1.807) is 0 Å². The van der Waals surface area contributed by atoms with Crippen molar-refractivity contribution in [3.05, 3.63) is 67.1 Å². The molecule has 166 valence electrons. The van der Waals surface area contributed by atoms with E-state index < -0.39 is 26.2 Å². The van der Waals surface area contributed by atoms with Crippen molar-refractivity contribution < 1.29 is 54.4 Å². The molecule has 10 heteroatoms. The standard InChI is InChI=1S/C12H12F3O4P.C7H8O.CH3.Cr/c1-17-11(16)8-5-9(18-12(13,14)15)7-10(6-8)19-20-3-2-4-20;8-6-7-4-2-1-3-5-7;;/h5-7H,2-4H2,1H3;1-5,8H,6H2;1H3;/q;;-1;. The Labute approximate surface area is 186 Å². The Kier molecular flexibility index (Phi) is 12.7. The van der Waals surface area contributed by atoms with Crippen LogP contribution in [0.3, 0.4) is 0 Å². The van der Waals surface area contributed by atoms with Gasteiger partial charge in [0.2, 0.25) is 0 Å². The molecule has 0 aromatic heterocycles. The molecular weight excluding hydrogens is 460 g/mol. The number of carbonyl (C=O) groups is 1. The van der Waals surface area contributed by atoms with E-state index in [9.17, 15) is 18.0 Å². The second-order valence-electron chi connectivity index (χ2n) is 5.75. The third-order valence-corrected chi connectivity index (χ3v) is 5.71. The zero-order valence-corrected chi connectivity index (χ0v) is 18.7. The van der Waals surface area contributed by atoms with Crippen molar-refractivity contribution in [1.82, 2.24) is 0 Å². The van der Waals surface area contributed by atoms with Gasteiger partial charge < -0.3 is 26.5 Å². The maximum absolute atomic E-state index is 12.3. The van der Waals surface area contributed by atoms with Crippen LogP contribution in [-0.4, -0.2) is 36.9 Å². The van der Waals surface area contributed by atoms with Crippen LogP contribution in [0.15, 0.2) is 48.5 Å². The number of carbonyl (C=O) groups excluding carboxylic acids is 1. The average Bonchev–Trinajstić information content (AvgIpc) is 2.63. The van der Waals surface area contributed by atoms with Gasteiger partial charge in [-0.05, 0) is 24.1 Å². The number of ether oxygens (including phenoxy) is 2. The van der Waals surface area contributed by atoms with Crippen molar-refractivity contribution in [2.45, 2.75) is 19.4 Å². The van der Waals surface area contributed by atoms with Gasteiger partial charge in [0.05, 0.1) is 27.4 Å². The van der Waals surface area contributed by atoms with Crippen molar-refractivity contribution in [1.29, 1.82) is 0 Å². The number of methoxy groups -OCH3 is 1. The van der Waals surface area contributed by atoms with Crippen molar-refractivity contribution in [3.8, 4) is 11.5 Å². The van der Waals surface area contributed by atoms with Crippen molar-refractivity contribution >= 4 is 14.1 Å². The predicted octanol–water partition coefficient (Wildman–Crippen LogP) is 5.18. The number of benzene rings is 2. The molecule has 0 saturated carbocycles. The van der Waals surface area contributed by atoms with Crippen LogP contribution in [0.2, 0.25) is 0 Å². The quantitative estimate of drug-likeness (QED) is 0.361. The summed E-state index contributed by atoms with van der Waals surface area (Å²) in [5.41, 5.74) is 0.923. The van der Waals surface area contributed by atoms with E-state index >= 15 is 0 Å². The van der Waals surface area contributed by atoms with Gasteiger partial charge in [0.15, 0.2) is 0 Å². The normalized spacial score (nSPS) is 12.7. The molecule has 30 heavy (non-hydrogen) atoms. The van der Waals surface area contributed by atoms with Gasteiger partial charge in [0, 0.05) is 35.8 Å². The molecule has 0 amide bonds.